The summed E-state index contributed by atoms with van der Waals surface area (Å²) in [7, 11) is -2.51. The van der Waals surface area contributed by atoms with Gasteiger partial charge in [0.2, 0.25) is 10.0 Å². The van der Waals surface area contributed by atoms with Crippen molar-refractivity contribution in [3.63, 3.8) is 0 Å². The number of carbonyl (C=O) groups excluding carboxylic acids is 2. The summed E-state index contributed by atoms with van der Waals surface area (Å²) in [6.45, 7) is 7.05. The maximum Gasteiger partial charge on any atom is 0.264 e. The van der Waals surface area contributed by atoms with Crippen LogP contribution in [0.3, 0.4) is 0 Å². The Morgan fingerprint density at radius 2 is 1.94 bits per heavy atom. The Morgan fingerprint density at radius 1 is 1.11 bits per heavy atom. The lowest BCUT2D eigenvalue weighted by Gasteiger charge is -2.48. The molecule has 0 radical (unpaired) electrons. The molecule has 2 bridgehead atoms. The molecule has 1 saturated carbocycles. The molecule has 1 unspecified atom stereocenters. The van der Waals surface area contributed by atoms with Gasteiger partial charge in [-0.2, -0.15) is 0 Å². The molecule has 2 aromatic rings. The van der Waals surface area contributed by atoms with Crippen molar-refractivity contribution in [3.05, 3.63) is 69.8 Å². The van der Waals surface area contributed by atoms with E-state index >= 15 is 0 Å². The molecule has 7 atom stereocenters. The zero-order valence-electron chi connectivity index (χ0n) is 30.7. The van der Waals surface area contributed by atoms with E-state index in [9.17, 15) is 18.0 Å². The van der Waals surface area contributed by atoms with E-state index in [1.165, 1.54) is 11.1 Å². The van der Waals surface area contributed by atoms with Gasteiger partial charge in [0.25, 0.3) is 5.91 Å². The number of nitrogens with one attached hydrogen (secondary N) is 2. The number of amides is 1. The summed E-state index contributed by atoms with van der Waals surface area (Å²) < 4.78 is 55.3. The molecule has 3 fully saturated rings. The molecular weight excluding hydrogens is 718 g/mol. The van der Waals surface area contributed by atoms with Gasteiger partial charge in [0.1, 0.15) is 17.0 Å². The minimum Gasteiger partial charge on any atom is -0.490 e. The summed E-state index contributed by atoms with van der Waals surface area (Å²) in [6, 6.07) is 9.67. The number of rotatable bonds is 3. The SMILES string of the molecule is CO[C@@]1(C=O)/C=C/C[C@H](C)[C@@H](C)S(=O)(=O)NC(=O)c2cc(C3CNCC4(COC4)O3)c3c(c2)N(C[C@@H]2CC[C@H]21)C[C@@]1(CCCc2cc(Cl)ccc21)CO3. The van der Waals surface area contributed by atoms with Crippen LogP contribution in [0.1, 0.15) is 79.1 Å². The van der Waals surface area contributed by atoms with Gasteiger partial charge >= 0.3 is 0 Å². The van der Waals surface area contributed by atoms with Gasteiger partial charge in [-0.1, -0.05) is 30.7 Å². The number of allylic oxidation sites excluding steroid dienone is 1. The molecule has 4 heterocycles. The van der Waals surface area contributed by atoms with Crippen LogP contribution in [0.15, 0.2) is 42.5 Å². The third-order valence-electron chi connectivity index (χ3n) is 13.1. The largest absolute Gasteiger partial charge is 0.490 e. The van der Waals surface area contributed by atoms with Crippen LogP contribution in [-0.4, -0.2) is 90.2 Å². The number of nitrogens with zero attached hydrogens (tertiary/aromatic N) is 1. The van der Waals surface area contributed by atoms with E-state index in [1.54, 1.807) is 26.2 Å². The Bertz CT molecular complexity index is 1920. The summed E-state index contributed by atoms with van der Waals surface area (Å²) in [6.07, 6.45) is 8.98. The average molecular weight is 768 g/mol. The summed E-state index contributed by atoms with van der Waals surface area (Å²) in [5, 5.41) is 3.32. The van der Waals surface area contributed by atoms with Gasteiger partial charge in [-0.15, -0.1) is 0 Å². The summed E-state index contributed by atoms with van der Waals surface area (Å²) >= 11 is 6.52. The van der Waals surface area contributed by atoms with Crippen LogP contribution >= 0.6 is 11.6 Å². The molecule has 0 aromatic heterocycles. The third-order valence-corrected chi connectivity index (χ3v) is 15.2. The molecular formula is C40H50ClN3O8S. The highest BCUT2D eigenvalue weighted by atomic mass is 35.5. The molecule has 1 amide bonds. The topological polar surface area (TPSA) is 132 Å². The van der Waals surface area contributed by atoms with Gasteiger partial charge in [-0.25, -0.2) is 13.1 Å². The first-order valence-electron chi connectivity index (χ1n) is 19.0. The van der Waals surface area contributed by atoms with Crippen LogP contribution in [-0.2, 0) is 40.9 Å². The highest BCUT2D eigenvalue weighted by molar-refractivity contribution is 7.90. The van der Waals surface area contributed by atoms with Crippen molar-refractivity contribution in [1.82, 2.24) is 10.0 Å². The molecule has 6 aliphatic rings. The van der Waals surface area contributed by atoms with Crippen molar-refractivity contribution in [1.29, 1.82) is 0 Å². The molecule has 2 aliphatic carbocycles. The lowest BCUT2D eigenvalue weighted by atomic mass is 9.64. The van der Waals surface area contributed by atoms with E-state index in [0.717, 1.165) is 38.4 Å². The summed E-state index contributed by atoms with van der Waals surface area (Å²) in [4.78, 5) is 29.4. The number of morpholine rings is 1. The fraction of sp³-hybridized carbons (Fsp3) is 0.600. The first-order valence-corrected chi connectivity index (χ1v) is 20.9. The Labute approximate surface area is 317 Å². The zero-order chi connectivity index (χ0) is 37.2. The predicted octanol–water partition coefficient (Wildman–Crippen LogP) is 4.90. The number of sulfonamides is 1. The van der Waals surface area contributed by atoms with Gasteiger partial charge in [0.15, 0.2) is 6.29 Å². The normalized spacial score (nSPS) is 35.4. The standard InChI is InChI=1S/C40H50ClN3O8S/c1-25-6-4-13-40(21-45,49-3)33-10-8-28(33)18-44-20-38(12-5-7-27-14-30(41)9-11-32(27)38)22-51-36-31(35-17-42-19-39(52-35)23-50-24-39)15-29(16-34(36)44)37(46)43-53(47,48)26(25)2/h4,9,11,13-16,21,25-26,28,33,35,42H,5-8,10,12,17-20,22-24H2,1-3H3,(H,43,46)/b13-4+/t25-,26+,28-,33+,35?,38-,40+/m0/s1. The van der Waals surface area contributed by atoms with E-state index in [-0.39, 0.29) is 23.3 Å². The average Bonchev–Trinajstić information content (AvgIpc) is 3.27. The molecule has 53 heavy (non-hydrogen) atoms. The van der Waals surface area contributed by atoms with Crippen molar-refractivity contribution in [3.8, 4) is 5.75 Å². The van der Waals surface area contributed by atoms with E-state index in [0.29, 0.717) is 74.4 Å². The number of carbonyl (C=O) groups is 2. The summed E-state index contributed by atoms with van der Waals surface area (Å²) in [5.41, 5.74) is 1.98. The summed E-state index contributed by atoms with van der Waals surface area (Å²) in [5.74, 6) is -0.421. The molecule has 2 spiro atoms. The molecule has 2 aromatic carbocycles. The second-order valence-corrected chi connectivity index (χ2v) is 18.8. The van der Waals surface area contributed by atoms with Gasteiger partial charge in [-0.3, -0.25) is 9.59 Å². The molecule has 13 heteroatoms. The number of benzene rings is 2. The lowest BCUT2D eigenvalue weighted by Crippen LogP contribution is -2.62. The number of aldehydes is 1. The van der Waals surface area contributed by atoms with Crippen LogP contribution < -0.4 is 19.7 Å². The predicted molar refractivity (Wildman–Crippen MR) is 201 cm³/mol. The number of hydrogen-bond acceptors (Lipinski definition) is 10. The Balaban J connectivity index is 1.30. The van der Waals surface area contributed by atoms with Crippen LogP contribution in [0, 0.1) is 17.8 Å². The minimum atomic E-state index is -4.09. The fourth-order valence-corrected chi connectivity index (χ4v) is 11.0. The third kappa shape index (κ3) is 6.50. The maximum absolute atomic E-state index is 14.2. The van der Waals surface area contributed by atoms with Gasteiger partial charge in [-0.05, 0) is 98.8 Å². The Hall–Kier alpha value is -3.00. The number of methoxy groups -OCH3 is 1. The second-order valence-electron chi connectivity index (χ2n) is 16.3. The first-order chi connectivity index (χ1) is 25.4. The van der Waals surface area contributed by atoms with Crippen molar-refractivity contribution in [2.75, 3.05) is 58.0 Å². The second kappa shape index (κ2) is 13.9. The van der Waals surface area contributed by atoms with Crippen molar-refractivity contribution in [2.45, 2.75) is 80.3 Å². The fourth-order valence-electron chi connectivity index (χ4n) is 9.54. The van der Waals surface area contributed by atoms with Gasteiger partial charge in [0, 0.05) is 60.8 Å². The number of hydrogen-bond donors (Lipinski definition) is 2. The number of fused-ring (bicyclic) bond motifs is 4. The quantitative estimate of drug-likeness (QED) is 0.329. The molecule has 2 N–H and O–H groups in total. The highest BCUT2D eigenvalue weighted by Crippen LogP contribution is 2.51. The number of halogens is 1. The lowest BCUT2D eigenvalue weighted by molar-refractivity contribution is -0.243. The van der Waals surface area contributed by atoms with E-state index in [4.69, 9.17) is 30.5 Å². The number of aryl methyl sites for hydroxylation is 1. The molecule has 286 valence electrons. The van der Waals surface area contributed by atoms with E-state index in [1.807, 2.05) is 25.1 Å². The van der Waals surface area contributed by atoms with E-state index < -0.39 is 43.9 Å². The van der Waals surface area contributed by atoms with Crippen LogP contribution in [0.25, 0.3) is 0 Å². The molecule has 4 aliphatic heterocycles. The number of anilines is 1. The number of ether oxygens (including phenoxy) is 4. The monoisotopic (exact) mass is 767 g/mol. The molecule has 8 rings (SSSR count). The van der Waals surface area contributed by atoms with Crippen LogP contribution in [0.2, 0.25) is 5.02 Å². The minimum absolute atomic E-state index is 0.0923. The Kier molecular flexibility index (Phi) is 9.72. The molecule has 11 nitrogen and oxygen atoms in total. The van der Waals surface area contributed by atoms with Gasteiger partial charge in [0.05, 0.1) is 36.9 Å². The maximum atomic E-state index is 14.2. The highest BCUT2D eigenvalue weighted by Gasteiger charge is 2.50. The van der Waals surface area contributed by atoms with E-state index in [2.05, 4.69) is 27.1 Å². The Morgan fingerprint density at radius 3 is 2.66 bits per heavy atom. The zero-order valence-corrected chi connectivity index (χ0v) is 32.3. The van der Waals surface area contributed by atoms with Gasteiger partial charge < -0.3 is 29.2 Å². The van der Waals surface area contributed by atoms with Crippen molar-refractivity contribution >= 4 is 39.5 Å². The van der Waals surface area contributed by atoms with Crippen molar-refractivity contribution < 1.29 is 37.0 Å². The smallest absolute Gasteiger partial charge is 0.264 e. The first kappa shape index (κ1) is 36.9. The van der Waals surface area contributed by atoms with Crippen LogP contribution in [0.5, 0.6) is 5.75 Å². The van der Waals surface area contributed by atoms with Crippen LogP contribution in [0.4, 0.5) is 5.69 Å². The molecule has 2 saturated heterocycles. The van der Waals surface area contributed by atoms with Crippen molar-refractivity contribution in [2.24, 2.45) is 17.8 Å².